The van der Waals surface area contributed by atoms with E-state index in [1.54, 1.807) is 6.07 Å². The Kier molecular flexibility index (Phi) is 2.22. The number of hydrogen-bond donors (Lipinski definition) is 1. The van der Waals surface area contributed by atoms with Gasteiger partial charge >= 0.3 is 5.97 Å². The van der Waals surface area contributed by atoms with Crippen LogP contribution in [0.2, 0.25) is 0 Å². The minimum atomic E-state index is -1.16. The molecule has 0 atom stereocenters. The molecule has 0 amide bonds. The molecule has 0 saturated carbocycles. The van der Waals surface area contributed by atoms with E-state index in [4.69, 9.17) is 19.1 Å². The predicted octanol–water partition coefficient (Wildman–Crippen LogP) is 2.08. The number of benzene rings is 1. The van der Waals surface area contributed by atoms with Gasteiger partial charge in [0.1, 0.15) is 5.69 Å². The van der Waals surface area contributed by atoms with Crippen molar-refractivity contribution in [3.63, 3.8) is 0 Å². The van der Waals surface area contributed by atoms with Crippen molar-refractivity contribution in [2.45, 2.75) is 6.92 Å². The minimum Gasteiger partial charge on any atom is -0.475 e. The molecule has 1 aromatic carbocycles. The lowest BCUT2D eigenvalue weighted by molar-refractivity contribution is 0.0652. The fraction of sp³-hybridized carbons (Fsp3) is 0.167. The molecule has 0 bridgehead atoms. The number of nitrogens with zero attached hydrogens (tertiary/aromatic N) is 1. The fourth-order valence-corrected chi connectivity index (χ4v) is 1.84. The SMILES string of the molecule is Cc1ccc(-c2cc(C(=O)O)on2)c2c1OCO2. The van der Waals surface area contributed by atoms with E-state index in [1.165, 1.54) is 6.07 Å². The summed E-state index contributed by atoms with van der Waals surface area (Å²) in [6, 6.07) is 5.01. The summed E-state index contributed by atoms with van der Waals surface area (Å²) in [6.07, 6.45) is 0. The zero-order valence-electron chi connectivity index (χ0n) is 9.47. The van der Waals surface area contributed by atoms with Crippen molar-refractivity contribution in [1.82, 2.24) is 5.16 Å². The van der Waals surface area contributed by atoms with Crippen LogP contribution in [0.4, 0.5) is 0 Å². The monoisotopic (exact) mass is 247 g/mol. The van der Waals surface area contributed by atoms with Crippen LogP contribution in [-0.4, -0.2) is 23.0 Å². The average molecular weight is 247 g/mol. The third kappa shape index (κ3) is 1.50. The normalized spacial score (nSPS) is 12.7. The molecule has 6 heteroatoms. The van der Waals surface area contributed by atoms with Crippen LogP contribution in [0, 0.1) is 6.92 Å². The smallest absolute Gasteiger partial charge is 0.374 e. The van der Waals surface area contributed by atoms with Gasteiger partial charge in [0, 0.05) is 11.6 Å². The Balaban J connectivity index is 2.12. The molecule has 0 fully saturated rings. The molecule has 0 spiro atoms. The van der Waals surface area contributed by atoms with E-state index in [0.29, 0.717) is 22.8 Å². The fourth-order valence-electron chi connectivity index (χ4n) is 1.84. The van der Waals surface area contributed by atoms with Gasteiger partial charge < -0.3 is 19.1 Å². The third-order valence-electron chi connectivity index (χ3n) is 2.71. The molecular formula is C12H9NO5. The number of carbonyl (C=O) groups is 1. The Morgan fingerprint density at radius 1 is 1.33 bits per heavy atom. The molecule has 2 heterocycles. The van der Waals surface area contributed by atoms with Crippen molar-refractivity contribution in [2.75, 3.05) is 6.79 Å². The number of carboxylic acid groups (broad SMARTS) is 1. The Morgan fingerprint density at radius 2 is 2.11 bits per heavy atom. The van der Waals surface area contributed by atoms with Crippen LogP contribution in [0.1, 0.15) is 16.1 Å². The zero-order valence-corrected chi connectivity index (χ0v) is 9.47. The summed E-state index contributed by atoms with van der Waals surface area (Å²) in [5.74, 6) is -0.138. The van der Waals surface area contributed by atoms with E-state index in [1.807, 2.05) is 13.0 Å². The second-order valence-corrected chi connectivity index (χ2v) is 3.88. The number of carboxylic acids is 1. The van der Waals surface area contributed by atoms with Crippen molar-refractivity contribution in [3.8, 4) is 22.8 Å². The molecule has 2 aromatic rings. The molecule has 1 aliphatic rings. The van der Waals surface area contributed by atoms with Crippen LogP contribution in [0.15, 0.2) is 22.7 Å². The maximum absolute atomic E-state index is 10.7. The highest BCUT2D eigenvalue weighted by Crippen LogP contribution is 2.43. The Labute approximate surface area is 102 Å². The quantitative estimate of drug-likeness (QED) is 0.874. The first kappa shape index (κ1) is 10.6. The van der Waals surface area contributed by atoms with Crippen LogP contribution >= 0.6 is 0 Å². The Morgan fingerprint density at radius 3 is 2.83 bits per heavy atom. The largest absolute Gasteiger partial charge is 0.475 e. The first-order chi connectivity index (χ1) is 8.66. The molecule has 92 valence electrons. The van der Waals surface area contributed by atoms with Gasteiger partial charge in [-0.05, 0) is 18.6 Å². The van der Waals surface area contributed by atoms with Gasteiger partial charge in [-0.15, -0.1) is 0 Å². The molecular weight excluding hydrogens is 238 g/mol. The lowest BCUT2D eigenvalue weighted by atomic mass is 10.1. The van der Waals surface area contributed by atoms with Gasteiger partial charge in [-0.3, -0.25) is 0 Å². The Hall–Kier alpha value is -2.50. The van der Waals surface area contributed by atoms with Crippen molar-refractivity contribution < 1.29 is 23.9 Å². The van der Waals surface area contributed by atoms with Crippen LogP contribution in [0.5, 0.6) is 11.5 Å². The standard InChI is InChI=1S/C12H9NO5/c1-6-2-3-7(11-10(6)16-5-17-11)8-4-9(12(14)15)18-13-8/h2-4H,5H2,1H3,(H,14,15). The van der Waals surface area contributed by atoms with Gasteiger partial charge in [0.2, 0.25) is 12.6 Å². The van der Waals surface area contributed by atoms with E-state index >= 15 is 0 Å². The Bertz CT molecular complexity index is 631. The van der Waals surface area contributed by atoms with Crippen molar-refractivity contribution in [2.24, 2.45) is 0 Å². The van der Waals surface area contributed by atoms with Crippen molar-refractivity contribution in [3.05, 3.63) is 29.5 Å². The highest BCUT2D eigenvalue weighted by Gasteiger charge is 2.23. The lowest BCUT2D eigenvalue weighted by Gasteiger charge is -2.04. The topological polar surface area (TPSA) is 81.8 Å². The predicted molar refractivity (Wildman–Crippen MR) is 59.8 cm³/mol. The molecule has 3 rings (SSSR count). The highest BCUT2D eigenvalue weighted by molar-refractivity contribution is 5.86. The van der Waals surface area contributed by atoms with Crippen LogP contribution in [0.25, 0.3) is 11.3 Å². The molecule has 1 N–H and O–H groups in total. The molecule has 0 radical (unpaired) electrons. The number of ether oxygens (including phenoxy) is 2. The van der Waals surface area contributed by atoms with Gasteiger partial charge in [0.05, 0.1) is 0 Å². The maximum atomic E-state index is 10.7. The summed E-state index contributed by atoms with van der Waals surface area (Å²) in [4.78, 5) is 10.7. The molecule has 0 saturated heterocycles. The summed E-state index contributed by atoms with van der Waals surface area (Å²) in [6.45, 7) is 2.06. The number of aromatic nitrogens is 1. The second kappa shape index (κ2) is 3.76. The third-order valence-corrected chi connectivity index (χ3v) is 2.71. The molecule has 0 unspecified atom stereocenters. The molecule has 1 aliphatic heterocycles. The first-order valence-electron chi connectivity index (χ1n) is 5.26. The van der Waals surface area contributed by atoms with Gasteiger partial charge in [-0.1, -0.05) is 11.2 Å². The van der Waals surface area contributed by atoms with E-state index in [2.05, 4.69) is 5.16 Å². The summed E-state index contributed by atoms with van der Waals surface area (Å²) in [5, 5.41) is 12.5. The summed E-state index contributed by atoms with van der Waals surface area (Å²) >= 11 is 0. The second-order valence-electron chi connectivity index (χ2n) is 3.88. The molecule has 6 nitrogen and oxygen atoms in total. The highest BCUT2D eigenvalue weighted by atomic mass is 16.7. The van der Waals surface area contributed by atoms with E-state index < -0.39 is 5.97 Å². The van der Waals surface area contributed by atoms with Crippen LogP contribution < -0.4 is 9.47 Å². The van der Waals surface area contributed by atoms with E-state index in [9.17, 15) is 4.79 Å². The minimum absolute atomic E-state index is 0.150. The lowest BCUT2D eigenvalue weighted by Crippen LogP contribution is -1.94. The van der Waals surface area contributed by atoms with Gasteiger partial charge in [-0.2, -0.15) is 0 Å². The van der Waals surface area contributed by atoms with Crippen LogP contribution in [-0.2, 0) is 0 Å². The van der Waals surface area contributed by atoms with Crippen molar-refractivity contribution >= 4 is 5.97 Å². The molecule has 1 aromatic heterocycles. The number of aryl methyl sites for hydroxylation is 1. The zero-order chi connectivity index (χ0) is 12.7. The summed E-state index contributed by atoms with van der Waals surface area (Å²) in [5.41, 5.74) is 2.02. The number of hydrogen-bond acceptors (Lipinski definition) is 5. The van der Waals surface area contributed by atoms with Gasteiger partial charge in [-0.25, -0.2) is 4.79 Å². The van der Waals surface area contributed by atoms with E-state index in [0.717, 1.165) is 5.56 Å². The van der Waals surface area contributed by atoms with Gasteiger partial charge in [0.25, 0.3) is 0 Å². The molecule has 18 heavy (non-hydrogen) atoms. The van der Waals surface area contributed by atoms with E-state index in [-0.39, 0.29) is 12.6 Å². The summed E-state index contributed by atoms with van der Waals surface area (Å²) < 4.78 is 15.5. The van der Waals surface area contributed by atoms with Crippen molar-refractivity contribution in [1.29, 1.82) is 0 Å². The number of rotatable bonds is 2. The average Bonchev–Trinajstić information content (AvgIpc) is 2.98. The van der Waals surface area contributed by atoms with Crippen LogP contribution in [0.3, 0.4) is 0 Å². The molecule has 0 aliphatic carbocycles. The maximum Gasteiger partial charge on any atom is 0.374 e. The first-order valence-corrected chi connectivity index (χ1v) is 5.26. The number of fused-ring (bicyclic) bond motifs is 1. The van der Waals surface area contributed by atoms with Gasteiger partial charge in [0.15, 0.2) is 11.5 Å². The number of aromatic carboxylic acids is 1. The summed E-state index contributed by atoms with van der Waals surface area (Å²) in [7, 11) is 0.